The van der Waals surface area contributed by atoms with Gasteiger partial charge in [-0.3, -0.25) is 4.79 Å². The Bertz CT molecular complexity index is 145. The van der Waals surface area contributed by atoms with E-state index in [1.807, 2.05) is 14.1 Å². The van der Waals surface area contributed by atoms with E-state index in [4.69, 9.17) is 10.2 Å². The molecule has 0 aliphatic carbocycles. The summed E-state index contributed by atoms with van der Waals surface area (Å²) in [5, 5.41) is 17.0. The number of rotatable bonds is 6. The topological polar surface area (TPSA) is 57.5 Å². The summed E-state index contributed by atoms with van der Waals surface area (Å²) in [5.41, 5.74) is 0. The molecule has 0 atom stereocenters. The molecule has 0 spiro atoms. The fourth-order valence-electron chi connectivity index (χ4n) is 1.01. The van der Waals surface area contributed by atoms with Crippen molar-refractivity contribution < 1.29 is 19.5 Å². The standard InChI is InChI=1S/C8H17NO3/c1-9(2,5-3-7-10)6-4-8(11)12/h10H,3-7H2,1-2H3/p+1. The van der Waals surface area contributed by atoms with Crippen molar-refractivity contribution in [1.82, 2.24) is 0 Å². The minimum absolute atomic E-state index is 0.175. The fraction of sp³-hybridized carbons (Fsp3) is 0.875. The second-order valence-electron chi connectivity index (χ2n) is 3.60. The van der Waals surface area contributed by atoms with Crippen LogP contribution in [-0.4, -0.2) is 54.5 Å². The average Bonchev–Trinajstić information content (AvgIpc) is 1.98. The minimum Gasteiger partial charge on any atom is -0.481 e. The molecule has 72 valence electrons. The number of carboxylic acid groups (broad SMARTS) is 1. The lowest BCUT2D eigenvalue weighted by atomic mass is 10.3. The van der Waals surface area contributed by atoms with Gasteiger partial charge in [0, 0.05) is 13.0 Å². The number of hydrogen-bond acceptors (Lipinski definition) is 2. The van der Waals surface area contributed by atoms with Crippen molar-refractivity contribution in [3.8, 4) is 0 Å². The monoisotopic (exact) mass is 176 g/mol. The lowest BCUT2D eigenvalue weighted by Gasteiger charge is -2.28. The Kier molecular flexibility index (Phi) is 4.85. The van der Waals surface area contributed by atoms with Crippen LogP contribution in [0.1, 0.15) is 12.8 Å². The van der Waals surface area contributed by atoms with Crippen LogP contribution in [0.3, 0.4) is 0 Å². The van der Waals surface area contributed by atoms with Crippen molar-refractivity contribution in [3.63, 3.8) is 0 Å². The lowest BCUT2D eigenvalue weighted by Crippen LogP contribution is -2.42. The van der Waals surface area contributed by atoms with Gasteiger partial charge in [0.15, 0.2) is 0 Å². The van der Waals surface area contributed by atoms with Crippen LogP contribution in [0.4, 0.5) is 0 Å². The van der Waals surface area contributed by atoms with Crippen LogP contribution in [0.25, 0.3) is 0 Å². The van der Waals surface area contributed by atoms with Crippen molar-refractivity contribution in [2.45, 2.75) is 12.8 Å². The van der Waals surface area contributed by atoms with E-state index in [1.54, 1.807) is 0 Å². The number of carboxylic acids is 1. The summed E-state index contributed by atoms with van der Waals surface area (Å²) in [6, 6.07) is 0. The van der Waals surface area contributed by atoms with Crippen LogP contribution in [-0.2, 0) is 4.79 Å². The number of hydrogen-bond donors (Lipinski definition) is 2. The third kappa shape index (κ3) is 6.12. The van der Waals surface area contributed by atoms with E-state index in [0.717, 1.165) is 13.0 Å². The normalized spacial score (nSPS) is 11.6. The molecule has 2 N–H and O–H groups in total. The molecule has 0 heterocycles. The van der Waals surface area contributed by atoms with Gasteiger partial charge in [-0.15, -0.1) is 0 Å². The van der Waals surface area contributed by atoms with Crippen molar-refractivity contribution >= 4 is 5.97 Å². The van der Waals surface area contributed by atoms with Gasteiger partial charge in [0.2, 0.25) is 0 Å². The Morgan fingerprint density at radius 3 is 2.33 bits per heavy atom. The molecule has 0 aromatic carbocycles. The van der Waals surface area contributed by atoms with Gasteiger partial charge in [0.05, 0.1) is 33.6 Å². The lowest BCUT2D eigenvalue weighted by molar-refractivity contribution is -0.890. The van der Waals surface area contributed by atoms with Crippen LogP contribution in [0.2, 0.25) is 0 Å². The second-order valence-corrected chi connectivity index (χ2v) is 3.60. The van der Waals surface area contributed by atoms with Gasteiger partial charge in [0.25, 0.3) is 0 Å². The first-order valence-electron chi connectivity index (χ1n) is 4.12. The number of carbonyl (C=O) groups is 1. The van der Waals surface area contributed by atoms with Crippen LogP contribution in [0.5, 0.6) is 0 Å². The van der Waals surface area contributed by atoms with E-state index in [1.165, 1.54) is 0 Å². The van der Waals surface area contributed by atoms with Gasteiger partial charge in [-0.1, -0.05) is 0 Å². The highest BCUT2D eigenvalue weighted by molar-refractivity contribution is 5.66. The molecule has 0 saturated carbocycles. The minimum atomic E-state index is -0.759. The Balaban J connectivity index is 3.63. The fourth-order valence-corrected chi connectivity index (χ4v) is 1.01. The molecule has 0 aliphatic rings. The highest BCUT2D eigenvalue weighted by Crippen LogP contribution is 2.00. The quantitative estimate of drug-likeness (QED) is 0.556. The summed E-state index contributed by atoms with van der Waals surface area (Å²) in [7, 11) is 3.94. The third-order valence-electron chi connectivity index (χ3n) is 1.85. The number of aliphatic hydroxyl groups is 1. The summed E-state index contributed by atoms with van der Waals surface area (Å²) in [5.74, 6) is -0.759. The summed E-state index contributed by atoms with van der Waals surface area (Å²) in [6.07, 6.45) is 0.922. The average molecular weight is 176 g/mol. The molecular weight excluding hydrogens is 158 g/mol. The summed E-state index contributed by atoms with van der Waals surface area (Å²) in [4.78, 5) is 10.3. The van der Waals surface area contributed by atoms with Crippen LogP contribution in [0.15, 0.2) is 0 Å². The maximum Gasteiger partial charge on any atom is 0.309 e. The number of nitrogens with zero attached hydrogens (tertiary/aromatic N) is 1. The SMILES string of the molecule is C[N+](C)(CCCO)CCC(=O)O. The molecule has 0 aromatic rings. The second kappa shape index (κ2) is 5.11. The van der Waals surface area contributed by atoms with Crippen molar-refractivity contribution in [2.75, 3.05) is 33.8 Å². The predicted molar refractivity (Wildman–Crippen MR) is 45.8 cm³/mol. The molecular formula is C8H18NO3+. The summed E-state index contributed by atoms with van der Waals surface area (Å²) >= 11 is 0. The van der Waals surface area contributed by atoms with Crippen LogP contribution >= 0.6 is 0 Å². The van der Waals surface area contributed by atoms with Gasteiger partial charge in [-0.2, -0.15) is 0 Å². The van der Waals surface area contributed by atoms with Crippen molar-refractivity contribution in [3.05, 3.63) is 0 Å². The maximum absolute atomic E-state index is 10.3. The van der Waals surface area contributed by atoms with E-state index in [9.17, 15) is 4.79 Å². The molecule has 0 amide bonds. The van der Waals surface area contributed by atoms with Gasteiger partial charge >= 0.3 is 5.97 Å². The Morgan fingerprint density at radius 2 is 1.92 bits per heavy atom. The molecule has 4 heteroatoms. The van der Waals surface area contributed by atoms with E-state index in [-0.39, 0.29) is 13.0 Å². The van der Waals surface area contributed by atoms with Crippen LogP contribution < -0.4 is 0 Å². The largest absolute Gasteiger partial charge is 0.481 e. The molecule has 12 heavy (non-hydrogen) atoms. The molecule has 0 aliphatic heterocycles. The molecule has 4 nitrogen and oxygen atoms in total. The number of aliphatic hydroxyl groups excluding tert-OH is 1. The van der Waals surface area contributed by atoms with Crippen molar-refractivity contribution in [2.24, 2.45) is 0 Å². The number of quaternary nitrogens is 1. The van der Waals surface area contributed by atoms with Crippen molar-refractivity contribution in [1.29, 1.82) is 0 Å². The zero-order valence-electron chi connectivity index (χ0n) is 7.79. The predicted octanol–water partition coefficient (Wildman–Crippen LogP) is -0.0801. The molecule has 0 unspecified atom stereocenters. The Hall–Kier alpha value is -0.610. The smallest absolute Gasteiger partial charge is 0.309 e. The summed E-state index contributed by atoms with van der Waals surface area (Å²) < 4.78 is 0.660. The van der Waals surface area contributed by atoms with Gasteiger partial charge < -0.3 is 14.7 Å². The first-order valence-corrected chi connectivity index (χ1v) is 4.12. The molecule has 0 fully saturated rings. The Labute approximate surface area is 73.0 Å². The molecule has 0 radical (unpaired) electrons. The zero-order chi connectivity index (χ0) is 9.61. The van der Waals surface area contributed by atoms with Gasteiger partial charge in [-0.05, 0) is 0 Å². The third-order valence-corrected chi connectivity index (χ3v) is 1.85. The Morgan fingerprint density at radius 1 is 1.33 bits per heavy atom. The molecule has 0 bridgehead atoms. The van der Waals surface area contributed by atoms with E-state index in [0.29, 0.717) is 11.0 Å². The highest BCUT2D eigenvalue weighted by Gasteiger charge is 2.15. The van der Waals surface area contributed by atoms with E-state index < -0.39 is 5.97 Å². The van der Waals surface area contributed by atoms with E-state index in [2.05, 4.69) is 0 Å². The van der Waals surface area contributed by atoms with Gasteiger partial charge in [0.1, 0.15) is 0 Å². The van der Waals surface area contributed by atoms with Crippen LogP contribution in [0, 0.1) is 0 Å². The first-order chi connectivity index (χ1) is 5.48. The molecule has 0 rings (SSSR count). The zero-order valence-corrected chi connectivity index (χ0v) is 7.79. The first kappa shape index (κ1) is 11.4. The highest BCUT2D eigenvalue weighted by atomic mass is 16.4. The molecule has 0 aromatic heterocycles. The molecule has 0 saturated heterocycles. The summed E-state index contributed by atoms with van der Waals surface area (Å²) in [6.45, 7) is 1.62. The van der Waals surface area contributed by atoms with E-state index >= 15 is 0 Å². The maximum atomic E-state index is 10.3. The van der Waals surface area contributed by atoms with Gasteiger partial charge in [-0.25, -0.2) is 0 Å². The number of aliphatic carboxylic acids is 1.